The molecule has 0 fully saturated rings. The van der Waals surface area contributed by atoms with Crippen molar-refractivity contribution in [2.45, 2.75) is 26.3 Å². The zero-order chi connectivity index (χ0) is 12.1. The van der Waals surface area contributed by atoms with Crippen LogP contribution in [-0.2, 0) is 0 Å². The Morgan fingerprint density at radius 1 is 1.50 bits per heavy atom. The number of amides is 1. The van der Waals surface area contributed by atoms with Gasteiger partial charge in [0, 0.05) is 15.8 Å². The Hall–Kier alpha value is -0.350. The standard InChI is InChI=1S/C12H15Br2NO/c1-8-3-4-11(14)10(7-8)12(16)15-9(2)5-6-13/h3-4,7,9H,5-6H2,1-2H3,(H,15,16). The quantitative estimate of drug-likeness (QED) is 0.826. The van der Waals surface area contributed by atoms with E-state index in [1.54, 1.807) is 0 Å². The fourth-order valence-electron chi connectivity index (χ4n) is 1.35. The van der Waals surface area contributed by atoms with Crippen LogP contribution in [0.15, 0.2) is 22.7 Å². The Balaban J connectivity index is 2.76. The minimum atomic E-state index is -0.0241. The topological polar surface area (TPSA) is 29.1 Å². The van der Waals surface area contributed by atoms with E-state index >= 15 is 0 Å². The van der Waals surface area contributed by atoms with Crippen molar-refractivity contribution in [3.8, 4) is 0 Å². The summed E-state index contributed by atoms with van der Waals surface area (Å²) >= 11 is 6.75. The van der Waals surface area contributed by atoms with Crippen LogP contribution in [0.4, 0.5) is 0 Å². The second-order valence-corrected chi connectivity index (χ2v) is 5.48. The summed E-state index contributed by atoms with van der Waals surface area (Å²) in [5.74, 6) is -0.0241. The van der Waals surface area contributed by atoms with Crippen LogP contribution >= 0.6 is 31.9 Å². The molecule has 1 unspecified atom stereocenters. The molecule has 1 aromatic rings. The van der Waals surface area contributed by atoms with Crippen molar-refractivity contribution in [1.82, 2.24) is 5.32 Å². The van der Waals surface area contributed by atoms with Crippen molar-refractivity contribution in [1.29, 1.82) is 0 Å². The molecule has 1 aromatic carbocycles. The third-order valence-corrected chi connectivity index (χ3v) is 3.44. The maximum atomic E-state index is 11.9. The normalized spacial score (nSPS) is 12.2. The zero-order valence-corrected chi connectivity index (χ0v) is 12.6. The molecule has 1 amide bonds. The van der Waals surface area contributed by atoms with Crippen LogP contribution in [0.25, 0.3) is 0 Å². The van der Waals surface area contributed by atoms with Gasteiger partial charge >= 0.3 is 0 Å². The van der Waals surface area contributed by atoms with Crippen LogP contribution in [0.2, 0.25) is 0 Å². The fraction of sp³-hybridized carbons (Fsp3) is 0.417. The lowest BCUT2D eigenvalue weighted by atomic mass is 10.1. The lowest BCUT2D eigenvalue weighted by Crippen LogP contribution is -2.33. The molecule has 16 heavy (non-hydrogen) atoms. The van der Waals surface area contributed by atoms with E-state index < -0.39 is 0 Å². The fourth-order valence-corrected chi connectivity index (χ4v) is 2.46. The monoisotopic (exact) mass is 347 g/mol. The molecule has 1 rings (SSSR count). The Labute approximate surface area is 113 Å². The largest absolute Gasteiger partial charge is 0.350 e. The van der Waals surface area contributed by atoms with E-state index in [2.05, 4.69) is 37.2 Å². The highest BCUT2D eigenvalue weighted by molar-refractivity contribution is 9.10. The van der Waals surface area contributed by atoms with E-state index in [-0.39, 0.29) is 11.9 Å². The van der Waals surface area contributed by atoms with Crippen molar-refractivity contribution < 1.29 is 4.79 Å². The molecule has 1 N–H and O–H groups in total. The maximum Gasteiger partial charge on any atom is 0.252 e. The lowest BCUT2D eigenvalue weighted by Gasteiger charge is -2.13. The molecule has 0 aliphatic heterocycles. The SMILES string of the molecule is Cc1ccc(Br)c(C(=O)NC(C)CCBr)c1. The van der Waals surface area contributed by atoms with Gasteiger partial charge in [0.05, 0.1) is 5.56 Å². The number of benzene rings is 1. The Morgan fingerprint density at radius 3 is 2.81 bits per heavy atom. The van der Waals surface area contributed by atoms with Crippen LogP contribution in [-0.4, -0.2) is 17.3 Å². The summed E-state index contributed by atoms with van der Waals surface area (Å²) in [6.45, 7) is 3.98. The minimum absolute atomic E-state index is 0.0241. The zero-order valence-electron chi connectivity index (χ0n) is 9.39. The van der Waals surface area contributed by atoms with Gasteiger partial charge in [0.2, 0.25) is 0 Å². The molecule has 0 radical (unpaired) electrons. The first-order valence-electron chi connectivity index (χ1n) is 5.17. The number of carbonyl (C=O) groups is 1. The summed E-state index contributed by atoms with van der Waals surface area (Å²) in [7, 11) is 0. The maximum absolute atomic E-state index is 11.9. The van der Waals surface area contributed by atoms with E-state index in [1.807, 2.05) is 32.0 Å². The van der Waals surface area contributed by atoms with E-state index in [0.717, 1.165) is 21.8 Å². The van der Waals surface area contributed by atoms with Crippen molar-refractivity contribution in [3.05, 3.63) is 33.8 Å². The number of hydrogen-bond acceptors (Lipinski definition) is 1. The van der Waals surface area contributed by atoms with Crippen LogP contribution in [0.3, 0.4) is 0 Å². The molecule has 0 saturated carbocycles. The Morgan fingerprint density at radius 2 is 2.19 bits per heavy atom. The van der Waals surface area contributed by atoms with Crippen LogP contribution < -0.4 is 5.32 Å². The van der Waals surface area contributed by atoms with Crippen LogP contribution in [0.1, 0.15) is 29.3 Å². The molecule has 88 valence electrons. The smallest absolute Gasteiger partial charge is 0.252 e. The summed E-state index contributed by atoms with van der Waals surface area (Å²) in [6, 6.07) is 5.95. The highest BCUT2D eigenvalue weighted by atomic mass is 79.9. The third-order valence-electron chi connectivity index (χ3n) is 2.29. The first-order valence-corrected chi connectivity index (χ1v) is 7.09. The highest BCUT2D eigenvalue weighted by Gasteiger charge is 2.12. The van der Waals surface area contributed by atoms with E-state index in [0.29, 0.717) is 5.56 Å². The molecule has 0 aliphatic carbocycles. The molecule has 1 atom stereocenters. The van der Waals surface area contributed by atoms with Gasteiger partial charge in [0.25, 0.3) is 5.91 Å². The number of hydrogen-bond donors (Lipinski definition) is 1. The number of aryl methyl sites for hydroxylation is 1. The second-order valence-electron chi connectivity index (χ2n) is 3.84. The van der Waals surface area contributed by atoms with E-state index in [9.17, 15) is 4.79 Å². The van der Waals surface area contributed by atoms with E-state index in [1.165, 1.54) is 0 Å². The van der Waals surface area contributed by atoms with Gasteiger partial charge in [-0.3, -0.25) is 4.79 Å². The second kappa shape index (κ2) is 6.40. The molecule has 0 spiro atoms. The average molecular weight is 349 g/mol. The Kier molecular flexibility index (Phi) is 5.49. The van der Waals surface area contributed by atoms with Gasteiger partial charge in [-0.25, -0.2) is 0 Å². The predicted molar refractivity (Wildman–Crippen MR) is 74.2 cm³/mol. The number of alkyl halides is 1. The highest BCUT2D eigenvalue weighted by Crippen LogP contribution is 2.18. The molecule has 0 aromatic heterocycles. The van der Waals surface area contributed by atoms with Gasteiger partial charge in [-0.15, -0.1) is 0 Å². The average Bonchev–Trinajstić information content (AvgIpc) is 2.21. The molecule has 0 bridgehead atoms. The number of halogens is 2. The Bertz CT molecular complexity index is 379. The number of nitrogens with one attached hydrogen (secondary N) is 1. The van der Waals surface area contributed by atoms with Crippen molar-refractivity contribution in [2.75, 3.05) is 5.33 Å². The molecular formula is C12H15Br2NO. The van der Waals surface area contributed by atoms with Gasteiger partial charge in [0.15, 0.2) is 0 Å². The number of carbonyl (C=O) groups excluding carboxylic acids is 1. The molecule has 0 saturated heterocycles. The molecular weight excluding hydrogens is 334 g/mol. The van der Waals surface area contributed by atoms with Crippen LogP contribution in [0, 0.1) is 6.92 Å². The van der Waals surface area contributed by atoms with Gasteiger partial charge in [-0.2, -0.15) is 0 Å². The van der Waals surface area contributed by atoms with Crippen molar-refractivity contribution >= 4 is 37.8 Å². The van der Waals surface area contributed by atoms with Gasteiger partial charge in [-0.05, 0) is 48.3 Å². The predicted octanol–water partition coefficient (Wildman–Crippen LogP) is 3.66. The minimum Gasteiger partial charge on any atom is -0.350 e. The van der Waals surface area contributed by atoms with Crippen molar-refractivity contribution in [2.24, 2.45) is 0 Å². The molecule has 0 heterocycles. The van der Waals surface area contributed by atoms with Crippen molar-refractivity contribution in [3.63, 3.8) is 0 Å². The molecule has 0 aliphatic rings. The first-order chi connectivity index (χ1) is 7.54. The lowest BCUT2D eigenvalue weighted by molar-refractivity contribution is 0.0938. The van der Waals surface area contributed by atoms with Gasteiger partial charge in [0.1, 0.15) is 0 Å². The number of rotatable bonds is 4. The molecule has 4 heteroatoms. The van der Waals surface area contributed by atoms with Gasteiger partial charge in [-0.1, -0.05) is 27.6 Å². The van der Waals surface area contributed by atoms with Crippen LogP contribution in [0.5, 0.6) is 0 Å². The van der Waals surface area contributed by atoms with Gasteiger partial charge < -0.3 is 5.32 Å². The summed E-state index contributed by atoms with van der Waals surface area (Å²) in [5, 5.41) is 3.86. The first kappa shape index (κ1) is 13.7. The summed E-state index contributed by atoms with van der Waals surface area (Å²) in [5.41, 5.74) is 1.78. The van der Waals surface area contributed by atoms with E-state index in [4.69, 9.17) is 0 Å². The molecule has 2 nitrogen and oxygen atoms in total. The summed E-state index contributed by atoms with van der Waals surface area (Å²) in [6.07, 6.45) is 0.926. The third kappa shape index (κ3) is 3.91. The summed E-state index contributed by atoms with van der Waals surface area (Å²) < 4.78 is 0.835. The summed E-state index contributed by atoms with van der Waals surface area (Å²) in [4.78, 5) is 11.9.